The van der Waals surface area contributed by atoms with Crippen molar-refractivity contribution in [3.8, 4) is 0 Å². The monoisotopic (exact) mass is 211 g/mol. The lowest BCUT2D eigenvalue weighted by atomic mass is 10.1. The zero-order valence-electron chi connectivity index (χ0n) is 7.48. The van der Waals surface area contributed by atoms with Gasteiger partial charge in [0.1, 0.15) is 23.4 Å². The first-order chi connectivity index (χ1) is 7.16. The minimum Gasteiger partial charge on any atom is -0.382 e. The molecule has 0 amide bonds. The van der Waals surface area contributed by atoms with Gasteiger partial charge in [-0.1, -0.05) is 0 Å². The molecule has 0 aliphatic rings. The van der Waals surface area contributed by atoms with Crippen LogP contribution in [0.2, 0.25) is 0 Å². The molecule has 2 aromatic rings. The number of nitrogens with one attached hydrogen (secondary N) is 1. The number of hydrogen-bond donors (Lipinski definition) is 2. The number of rotatable bonds is 2. The molecule has 2 N–H and O–H groups in total. The molecule has 4 nitrogen and oxygen atoms in total. The van der Waals surface area contributed by atoms with Crippen molar-refractivity contribution in [3.63, 3.8) is 0 Å². The van der Waals surface area contributed by atoms with Crippen LogP contribution in [0.4, 0.5) is 8.78 Å². The van der Waals surface area contributed by atoms with Crippen LogP contribution in [-0.2, 0) is 0 Å². The molecule has 0 fully saturated rings. The van der Waals surface area contributed by atoms with Crippen LogP contribution in [0.15, 0.2) is 24.4 Å². The standard InChI is InChI=1S/C9H7F2N3O/c10-6-1-5(2-7(11)3-6)9(15)8-4-12-14-13-8/h1-4,9,15H,(H,12,13,14). The second-order valence-corrected chi connectivity index (χ2v) is 3.00. The highest BCUT2D eigenvalue weighted by molar-refractivity contribution is 5.25. The summed E-state index contributed by atoms with van der Waals surface area (Å²) in [5.74, 6) is -1.49. The molecule has 1 unspecified atom stereocenters. The number of aromatic amines is 1. The zero-order valence-corrected chi connectivity index (χ0v) is 7.48. The van der Waals surface area contributed by atoms with E-state index in [1.165, 1.54) is 6.20 Å². The second kappa shape index (κ2) is 3.74. The van der Waals surface area contributed by atoms with Crippen molar-refractivity contribution in [1.82, 2.24) is 15.4 Å². The van der Waals surface area contributed by atoms with Crippen LogP contribution in [0.1, 0.15) is 17.4 Å². The number of halogens is 2. The smallest absolute Gasteiger partial charge is 0.126 e. The number of benzene rings is 1. The molecule has 0 bridgehead atoms. The SMILES string of the molecule is OC(c1cc(F)cc(F)c1)c1cn[nH]n1. The van der Waals surface area contributed by atoms with Gasteiger partial charge in [0.25, 0.3) is 0 Å². The van der Waals surface area contributed by atoms with E-state index >= 15 is 0 Å². The molecule has 1 aromatic carbocycles. The van der Waals surface area contributed by atoms with Crippen LogP contribution in [0.25, 0.3) is 0 Å². The van der Waals surface area contributed by atoms with Crippen LogP contribution in [-0.4, -0.2) is 20.5 Å². The summed E-state index contributed by atoms with van der Waals surface area (Å²) in [6, 6.07) is 2.82. The van der Waals surface area contributed by atoms with E-state index in [9.17, 15) is 13.9 Å². The van der Waals surface area contributed by atoms with E-state index in [1.54, 1.807) is 0 Å². The summed E-state index contributed by atoms with van der Waals surface area (Å²) in [6.45, 7) is 0. The summed E-state index contributed by atoms with van der Waals surface area (Å²) in [4.78, 5) is 0. The maximum atomic E-state index is 12.8. The van der Waals surface area contributed by atoms with Gasteiger partial charge in [0.05, 0.1) is 6.20 Å². The van der Waals surface area contributed by atoms with Crippen LogP contribution >= 0.6 is 0 Å². The summed E-state index contributed by atoms with van der Waals surface area (Å²) in [5, 5.41) is 19.1. The van der Waals surface area contributed by atoms with Crippen molar-refractivity contribution >= 4 is 0 Å². The summed E-state index contributed by atoms with van der Waals surface area (Å²) in [6.07, 6.45) is 0.0990. The van der Waals surface area contributed by atoms with E-state index in [0.29, 0.717) is 0 Å². The molecular formula is C9H7F2N3O. The fourth-order valence-electron chi connectivity index (χ4n) is 1.25. The average molecular weight is 211 g/mol. The van der Waals surface area contributed by atoms with Gasteiger partial charge in [-0.3, -0.25) is 0 Å². The molecule has 0 saturated carbocycles. The predicted molar refractivity (Wildman–Crippen MR) is 46.8 cm³/mol. The molecule has 1 aromatic heterocycles. The van der Waals surface area contributed by atoms with E-state index in [0.717, 1.165) is 18.2 Å². The molecule has 15 heavy (non-hydrogen) atoms. The minimum absolute atomic E-state index is 0.0985. The van der Waals surface area contributed by atoms with Gasteiger partial charge < -0.3 is 5.11 Å². The van der Waals surface area contributed by atoms with Crippen LogP contribution < -0.4 is 0 Å². The first-order valence-corrected chi connectivity index (χ1v) is 4.16. The topological polar surface area (TPSA) is 61.8 Å². The van der Waals surface area contributed by atoms with Crippen molar-refractivity contribution in [2.45, 2.75) is 6.10 Å². The molecule has 6 heteroatoms. The Hall–Kier alpha value is -1.82. The Morgan fingerprint density at radius 3 is 2.40 bits per heavy atom. The van der Waals surface area contributed by atoms with Gasteiger partial charge >= 0.3 is 0 Å². The number of aromatic nitrogens is 3. The first-order valence-electron chi connectivity index (χ1n) is 4.16. The van der Waals surface area contributed by atoms with Crippen LogP contribution in [0, 0.1) is 11.6 Å². The number of aliphatic hydroxyl groups excluding tert-OH is 1. The van der Waals surface area contributed by atoms with Gasteiger partial charge in [-0.2, -0.15) is 15.4 Å². The fourth-order valence-corrected chi connectivity index (χ4v) is 1.25. The number of H-pyrrole nitrogens is 1. The quantitative estimate of drug-likeness (QED) is 0.783. The van der Waals surface area contributed by atoms with E-state index in [1.807, 2.05) is 0 Å². The third-order valence-corrected chi connectivity index (χ3v) is 1.91. The molecule has 2 rings (SSSR count). The van der Waals surface area contributed by atoms with Crippen molar-refractivity contribution in [2.75, 3.05) is 0 Å². The van der Waals surface area contributed by atoms with Gasteiger partial charge in [-0.05, 0) is 17.7 Å². The van der Waals surface area contributed by atoms with Gasteiger partial charge in [0.15, 0.2) is 0 Å². The summed E-state index contributed by atoms with van der Waals surface area (Å²) >= 11 is 0. The zero-order chi connectivity index (χ0) is 10.8. The molecule has 0 spiro atoms. The number of aliphatic hydroxyl groups is 1. The summed E-state index contributed by atoms with van der Waals surface area (Å²) in [7, 11) is 0. The molecule has 1 heterocycles. The lowest BCUT2D eigenvalue weighted by Crippen LogP contribution is -2.01. The second-order valence-electron chi connectivity index (χ2n) is 3.00. The third kappa shape index (κ3) is 1.99. The molecule has 0 aliphatic heterocycles. The molecule has 0 aliphatic carbocycles. The van der Waals surface area contributed by atoms with Crippen molar-refractivity contribution in [2.24, 2.45) is 0 Å². The fraction of sp³-hybridized carbons (Fsp3) is 0.111. The van der Waals surface area contributed by atoms with Crippen molar-refractivity contribution in [1.29, 1.82) is 0 Å². The Morgan fingerprint density at radius 2 is 1.87 bits per heavy atom. The lowest BCUT2D eigenvalue weighted by Gasteiger charge is -2.07. The van der Waals surface area contributed by atoms with Crippen molar-refractivity contribution in [3.05, 3.63) is 47.3 Å². The Bertz CT molecular complexity index is 438. The van der Waals surface area contributed by atoms with E-state index in [-0.39, 0.29) is 11.3 Å². The summed E-state index contributed by atoms with van der Waals surface area (Å²) in [5.41, 5.74) is 0.307. The molecule has 1 atom stereocenters. The Balaban J connectivity index is 2.37. The summed E-state index contributed by atoms with van der Waals surface area (Å²) < 4.78 is 25.7. The van der Waals surface area contributed by atoms with Gasteiger partial charge in [-0.15, -0.1) is 0 Å². The lowest BCUT2D eigenvalue weighted by molar-refractivity contribution is 0.214. The maximum absolute atomic E-state index is 12.8. The molecule has 0 radical (unpaired) electrons. The highest BCUT2D eigenvalue weighted by atomic mass is 19.1. The normalized spacial score (nSPS) is 12.7. The third-order valence-electron chi connectivity index (χ3n) is 1.91. The average Bonchev–Trinajstić information content (AvgIpc) is 2.67. The minimum atomic E-state index is -1.19. The van der Waals surface area contributed by atoms with Crippen molar-refractivity contribution < 1.29 is 13.9 Å². The van der Waals surface area contributed by atoms with E-state index < -0.39 is 17.7 Å². The van der Waals surface area contributed by atoms with Crippen LogP contribution in [0.5, 0.6) is 0 Å². The van der Waals surface area contributed by atoms with Gasteiger partial charge in [0.2, 0.25) is 0 Å². The highest BCUT2D eigenvalue weighted by Gasteiger charge is 2.14. The predicted octanol–water partition coefficient (Wildman–Crippen LogP) is 1.16. The Kier molecular flexibility index (Phi) is 2.42. The Labute approximate surface area is 83.6 Å². The largest absolute Gasteiger partial charge is 0.382 e. The Morgan fingerprint density at radius 1 is 1.20 bits per heavy atom. The molecule has 78 valence electrons. The number of hydrogen-bond acceptors (Lipinski definition) is 3. The number of nitrogens with zero attached hydrogens (tertiary/aromatic N) is 2. The first kappa shape index (κ1) is 9.72. The molecule has 0 saturated heterocycles. The van der Waals surface area contributed by atoms with Crippen LogP contribution in [0.3, 0.4) is 0 Å². The van der Waals surface area contributed by atoms with Gasteiger partial charge in [0, 0.05) is 6.07 Å². The highest BCUT2D eigenvalue weighted by Crippen LogP contribution is 2.20. The molecular weight excluding hydrogens is 204 g/mol. The van der Waals surface area contributed by atoms with E-state index in [4.69, 9.17) is 0 Å². The van der Waals surface area contributed by atoms with E-state index in [2.05, 4.69) is 15.4 Å². The maximum Gasteiger partial charge on any atom is 0.126 e. The van der Waals surface area contributed by atoms with Gasteiger partial charge in [-0.25, -0.2) is 8.78 Å².